The van der Waals surface area contributed by atoms with Gasteiger partial charge in [-0.05, 0) is 51.9 Å². The molecule has 2 N–H and O–H groups in total. The van der Waals surface area contributed by atoms with Gasteiger partial charge in [-0.25, -0.2) is 4.79 Å². The Bertz CT molecular complexity index is 260. The van der Waals surface area contributed by atoms with Gasteiger partial charge in [0.15, 0.2) is 0 Å². The van der Waals surface area contributed by atoms with Crippen LogP contribution in [0.3, 0.4) is 0 Å². The average Bonchev–Trinajstić information content (AvgIpc) is 2.18. The molecule has 100 valence electrons. The van der Waals surface area contributed by atoms with E-state index in [1.807, 2.05) is 20.8 Å². The van der Waals surface area contributed by atoms with Crippen molar-refractivity contribution in [2.45, 2.75) is 58.6 Å². The molecule has 1 rings (SSSR count). The fourth-order valence-electron chi connectivity index (χ4n) is 2.35. The molecule has 4 nitrogen and oxygen atoms in total. The standard InChI is InChI=1S/C13H25NO3/c1-9-7-10(8-15)5-6-11(9)14-12(16)17-13(2,3)4/h9-11,15H,5-8H2,1-4H3,(H,14,16). The van der Waals surface area contributed by atoms with Crippen LogP contribution in [0.5, 0.6) is 0 Å². The van der Waals surface area contributed by atoms with Crippen LogP contribution in [0.25, 0.3) is 0 Å². The summed E-state index contributed by atoms with van der Waals surface area (Å²) >= 11 is 0. The van der Waals surface area contributed by atoms with Crippen molar-refractivity contribution in [3.8, 4) is 0 Å². The number of amides is 1. The van der Waals surface area contributed by atoms with E-state index >= 15 is 0 Å². The molecule has 0 heterocycles. The van der Waals surface area contributed by atoms with Crippen molar-refractivity contribution >= 4 is 6.09 Å². The molecule has 17 heavy (non-hydrogen) atoms. The minimum absolute atomic E-state index is 0.174. The lowest BCUT2D eigenvalue weighted by molar-refractivity contribution is 0.0450. The number of carbonyl (C=O) groups is 1. The van der Waals surface area contributed by atoms with Gasteiger partial charge in [0.25, 0.3) is 0 Å². The van der Waals surface area contributed by atoms with Crippen LogP contribution in [0.2, 0.25) is 0 Å². The smallest absolute Gasteiger partial charge is 0.407 e. The van der Waals surface area contributed by atoms with E-state index < -0.39 is 5.60 Å². The lowest BCUT2D eigenvalue weighted by Crippen LogP contribution is -2.45. The van der Waals surface area contributed by atoms with Crippen LogP contribution in [-0.2, 0) is 4.74 Å². The van der Waals surface area contributed by atoms with Crippen molar-refractivity contribution in [2.24, 2.45) is 11.8 Å². The summed E-state index contributed by atoms with van der Waals surface area (Å²) in [6.45, 7) is 7.95. The largest absolute Gasteiger partial charge is 0.444 e. The van der Waals surface area contributed by atoms with E-state index in [2.05, 4.69) is 12.2 Å². The Kier molecular flexibility index (Phi) is 4.80. The summed E-state index contributed by atoms with van der Waals surface area (Å²) in [5.74, 6) is 0.787. The molecule has 0 radical (unpaired) electrons. The van der Waals surface area contributed by atoms with Gasteiger partial charge in [0.05, 0.1) is 0 Å². The second-order valence-corrected chi connectivity index (χ2v) is 6.09. The SMILES string of the molecule is CC1CC(CO)CCC1NC(=O)OC(C)(C)C. The molecule has 4 heteroatoms. The zero-order valence-electron chi connectivity index (χ0n) is 11.3. The van der Waals surface area contributed by atoms with Gasteiger partial charge in [0.1, 0.15) is 5.60 Å². The lowest BCUT2D eigenvalue weighted by atomic mass is 9.79. The summed E-state index contributed by atoms with van der Waals surface area (Å²) in [6.07, 6.45) is 2.53. The number of alkyl carbamates (subject to hydrolysis) is 1. The summed E-state index contributed by atoms with van der Waals surface area (Å²) in [4.78, 5) is 11.6. The number of aliphatic hydroxyl groups is 1. The van der Waals surface area contributed by atoms with Crippen molar-refractivity contribution in [3.63, 3.8) is 0 Å². The van der Waals surface area contributed by atoms with Gasteiger partial charge in [-0.3, -0.25) is 0 Å². The Hall–Kier alpha value is -0.770. The van der Waals surface area contributed by atoms with E-state index in [1.165, 1.54) is 0 Å². The van der Waals surface area contributed by atoms with E-state index in [4.69, 9.17) is 9.84 Å². The Morgan fingerprint density at radius 3 is 2.53 bits per heavy atom. The lowest BCUT2D eigenvalue weighted by Gasteiger charge is -2.34. The van der Waals surface area contributed by atoms with E-state index in [9.17, 15) is 4.79 Å². The van der Waals surface area contributed by atoms with Gasteiger partial charge in [-0.15, -0.1) is 0 Å². The maximum Gasteiger partial charge on any atom is 0.407 e. The summed E-state index contributed by atoms with van der Waals surface area (Å²) in [5.41, 5.74) is -0.449. The second-order valence-electron chi connectivity index (χ2n) is 6.09. The highest BCUT2D eigenvalue weighted by Crippen LogP contribution is 2.28. The monoisotopic (exact) mass is 243 g/mol. The molecule has 1 amide bonds. The van der Waals surface area contributed by atoms with Gasteiger partial charge >= 0.3 is 6.09 Å². The highest BCUT2D eigenvalue weighted by atomic mass is 16.6. The molecule has 0 spiro atoms. The normalized spacial score (nSPS) is 29.8. The fraction of sp³-hybridized carbons (Fsp3) is 0.923. The molecule has 0 aliphatic heterocycles. The second kappa shape index (κ2) is 5.71. The summed E-state index contributed by atoms with van der Waals surface area (Å²) < 4.78 is 5.24. The zero-order chi connectivity index (χ0) is 13.1. The number of hydrogen-bond donors (Lipinski definition) is 2. The summed E-state index contributed by atoms with van der Waals surface area (Å²) in [7, 11) is 0. The fourth-order valence-corrected chi connectivity index (χ4v) is 2.35. The molecule has 1 aliphatic rings. The van der Waals surface area contributed by atoms with Crippen molar-refractivity contribution in [3.05, 3.63) is 0 Å². The molecule has 0 saturated heterocycles. The molecular formula is C13H25NO3. The number of carbonyl (C=O) groups excluding carboxylic acids is 1. The Morgan fingerprint density at radius 2 is 2.06 bits per heavy atom. The van der Waals surface area contributed by atoms with Crippen LogP contribution < -0.4 is 5.32 Å². The van der Waals surface area contributed by atoms with Gasteiger partial charge in [0, 0.05) is 12.6 Å². The van der Waals surface area contributed by atoms with Crippen molar-refractivity contribution < 1.29 is 14.6 Å². The first-order valence-electron chi connectivity index (χ1n) is 6.42. The predicted octanol–water partition coefficient (Wildman–Crippen LogP) is 2.31. The third-order valence-corrected chi connectivity index (χ3v) is 3.24. The minimum Gasteiger partial charge on any atom is -0.444 e. The van der Waals surface area contributed by atoms with Gasteiger partial charge in [0.2, 0.25) is 0 Å². The van der Waals surface area contributed by atoms with Crippen LogP contribution in [0.4, 0.5) is 4.79 Å². The first-order chi connectivity index (χ1) is 7.81. The first kappa shape index (κ1) is 14.3. The topological polar surface area (TPSA) is 58.6 Å². The predicted molar refractivity (Wildman–Crippen MR) is 66.7 cm³/mol. The minimum atomic E-state index is -0.449. The van der Waals surface area contributed by atoms with E-state index in [-0.39, 0.29) is 18.7 Å². The molecular weight excluding hydrogens is 218 g/mol. The Morgan fingerprint density at radius 1 is 1.41 bits per heavy atom. The summed E-state index contributed by atoms with van der Waals surface area (Å²) in [6, 6.07) is 0.174. The van der Waals surface area contributed by atoms with Crippen LogP contribution in [0.1, 0.15) is 47.0 Å². The zero-order valence-corrected chi connectivity index (χ0v) is 11.3. The maximum absolute atomic E-state index is 11.6. The highest BCUT2D eigenvalue weighted by Gasteiger charge is 2.29. The molecule has 3 unspecified atom stereocenters. The molecule has 0 aromatic heterocycles. The number of ether oxygens (including phenoxy) is 1. The van der Waals surface area contributed by atoms with Crippen LogP contribution in [0.15, 0.2) is 0 Å². The average molecular weight is 243 g/mol. The van der Waals surface area contributed by atoms with Crippen molar-refractivity contribution in [1.82, 2.24) is 5.32 Å². The third-order valence-electron chi connectivity index (χ3n) is 3.24. The Balaban J connectivity index is 2.40. The summed E-state index contributed by atoms with van der Waals surface area (Å²) in [5, 5.41) is 12.0. The van der Waals surface area contributed by atoms with Gasteiger partial charge in [-0.2, -0.15) is 0 Å². The number of hydrogen-bond acceptors (Lipinski definition) is 3. The van der Waals surface area contributed by atoms with Crippen LogP contribution >= 0.6 is 0 Å². The highest BCUT2D eigenvalue weighted by molar-refractivity contribution is 5.68. The molecule has 1 saturated carbocycles. The molecule has 0 bridgehead atoms. The van der Waals surface area contributed by atoms with Gasteiger partial charge in [-0.1, -0.05) is 6.92 Å². The maximum atomic E-state index is 11.6. The van der Waals surface area contributed by atoms with Crippen molar-refractivity contribution in [2.75, 3.05) is 6.61 Å². The molecule has 1 fully saturated rings. The number of nitrogens with one attached hydrogen (secondary N) is 1. The van der Waals surface area contributed by atoms with Crippen molar-refractivity contribution in [1.29, 1.82) is 0 Å². The number of aliphatic hydroxyl groups excluding tert-OH is 1. The molecule has 3 atom stereocenters. The number of rotatable bonds is 2. The molecule has 0 aromatic carbocycles. The van der Waals surface area contributed by atoms with Crippen LogP contribution in [0, 0.1) is 11.8 Å². The third kappa shape index (κ3) is 4.94. The Labute approximate surface area is 104 Å². The molecule has 0 aromatic rings. The van der Waals surface area contributed by atoms with E-state index in [0.29, 0.717) is 11.8 Å². The van der Waals surface area contributed by atoms with Crippen LogP contribution in [-0.4, -0.2) is 29.4 Å². The molecule has 1 aliphatic carbocycles. The van der Waals surface area contributed by atoms with E-state index in [0.717, 1.165) is 19.3 Å². The van der Waals surface area contributed by atoms with E-state index in [1.54, 1.807) is 0 Å². The first-order valence-corrected chi connectivity index (χ1v) is 6.42. The quantitative estimate of drug-likeness (QED) is 0.782. The van der Waals surface area contributed by atoms with Gasteiger partial charge < -0.3 is 15.2 Å².